The first-order chi connectivity index (χ1) is 12.2. The Hall–Kier alpha value is -2.59. The maximum atomic E-state index is 12.3. The van der Waals surface area contributed by atoms with Gasteiger partial charge in [0.1, 0.15) is 12.1 Å². The molecule has 1 unspecified atom stereocenters. The smallest absolute Gasteiger partial charge is 0.374 e. The number of para-hydroxylation sites is 1. The predicted molar refractivity (Wildman–Crippen MR) is 97.8 cm³/mol. The average molecular weight is 338 g/mol. The Balaban J connectivity index is 1.79. The largest absolute Gasteiger partial charge is 0.460 e. The topological polar surface area (TPSA) is 43.9 Å². The van der Waals surface area contributed by atoms with Crippen LogP contribution < -0.4 is 4.90 Å². The van der Waals surface area contributed by atoms with Crippen molar-refractivity contribution in [1.29, 1.82) is 0 Å². The summed E-state index contributed by atoms with van der Waals surface area (Å²) >= 11 is 0. The SMILES string of the molecule is CCOC(=O)c1oc2ccccc2c1C[NH+](C)CCc1ccccc1. The van der Waals surface area contributed by atoms with Gasteiger partial charge in [-0.3, -0.25) is 0 Å². The molecule has 0 fully saturated rings. The number of carbonyl (C=O) groups is 1. The van der Waals surface area contributed by atoms with Gasteiger partial charge in [0.05, 0.1) is 25.8 Å². The lowest BCUT2D eigenvalue weighted by molar-refractivity contribution is -0.893. The van der Waals surface area contributed by atoms with Crippen molar-refractivity contribution < 1.29 is 18.8 Å². The number of esters is 1. The van der Waals surface area contributed by atoms with Crippen LogP contribution in [0.2, 0.25) is 0 Å². The maximum absolute atomic E-state index is 12.3. The lowest BCUT2D eigenvalue weighted by atomic mass is 10.1. The third-order valence-corrected chi connectivity index (χ3v) is 4.32. The van der Waals surface area contributed by atoms with Crippen LogP contribution in [-0.4, -0.2) is 26.2 Å². The van der Waals surface area contributed by atoms with E-state index in [1.165, 1.54) is 10.5 Å². The minimum absolute atomic E-state index is 0.335. The number of rotatable bonds is 7. The van der Waals surface area contributed by atoms with Gasteiger partial charge in [0, 0.05) is 11.8 Å². The Bertz CT molecular complexity index is 839. The standard InChI is InChI=1S/C21H23NO3/c1-3-24-21(23)20-18(17-11-7-8-12-19(17)25-20)15-22(2)14-13-16-9-5-4-6-10-16/h4-12H,3,13-15H2,1-2H3/p+1. The summed E-state index contributed by atoms with van der Waals surface area (Å²) in [6, 6.07) is 18.2. The average Bonchev–Trinajstić information content (AvgIpc) is 3.00. The molecule has 0 amide bonds. The monoisotopic (exact) mass is 338 g/mol. The van der Waals surface area contributed by atoms with E-state index in [0.29, 0.717) is 12.4 Å². The van der Waals surface area contributed by atoms with Crippen LogP contribution in [0.1, 0.15) is 28.6 Å². The van der Waals surface area contributed by atoms with Gasteiger partial charge >= 0.3 is 5.97 Å². The number of hydrogen-bond acceptors (Lipinski definition) is 3. The fourth-order valence-electron chi connectivity index (χ4n) is 3.03. The third-order valence-electron chi connectivity index (χ3n) is 4.32. The Morgan fingerprint density at radius 3 is 2.56 bits per heavy atom. The molecule has 1 atom stereocenters. The number of likely N-dealkylation sites (N-methyl/N-ethyl adjacent to an activating group) is 1. The molecule has 3 rings (SSSR count). The lowest BCUT2D eigenvalue weighted by Crippen LogP contribution is -3.07. The minimum atomic E-state index is -0.385. The second kappa shape index (κ2) is 7.99. The van der Waals surface area contributed by atoms with E-state index in [2.05, 4.69) is 31.3 Å². The van der Waals surface area contributed by atoms with Crippen molar-refractivity contribution >= 4 is 16.9 Å². The van der Waals surface area contributed by atoms with Gasteiger partial charge in [-0.25, -0.2) is 4.79 Å². The van der Waals surface area contributed by atoms with Crippen LogP contribution in [0.4, 0.5) is 0 Å². The molecule has 0 aliphatic carbocycles. The molecule has 0 aliphatic heterocycles. The van der Waals surface area contributed by atoms with E-state index in [9.17, 15) is 4.79 Å². The summed E-state index contributed by atoms with van der Waals surface area (Å²) in [6.07, 6.45) is 0.997. The first kappa shape index (κ1) is 17.2. The highest BCUT2D eigenvalue weighted by Crippen LogP contribution is 2.26. The van der Waals surface area contributed by atoms with Crippen molar-refractivity contribution in [3.63, 3.8) is 0 Å². The van der Waals surface area contributed by atoms with E-state index in [1.807, 2.05) is 30.3 Å². The molecule has 4 heteroatoms. The van der Waals surface area contributed by atoms with E-state index in [4.69, 9.17) is 9.15 Å². The van der Waals surface area contributed by atoms with Gasteiger partial charge in [0.2, 0.25) is 5.76 Å². The summed E-state index contributed by atoms with van der Waals surface area (Å²) in [6.45, 7) is 3.84. The molecule has 1 aromatic heterocycles. The second-order valence-corrected chi connectivity index (χ2v) is 6.25. The van der Waals surface area contributed by atoms with Crippen LogP contribution in [0.25, 0.3) is 11.0 Å². The van der Waals surface area contributed by atoms with Crippen LogP contribution in [0, 0.1) is 0 Å². The van der Waals surface area contributed by atoms with Gasteiger partial charge in [-0.05, 0) is 18.6 Å². The van der Waals surface area contributed by atoms with Gasteiger partial charge in [-0.2, -0.15) is 0 Å². The molecule has 130 valence electrons. The van der Waals surface area contributed by atoms with Crippen molar-refractivity contribution in [2.24, 2.45) is 0 Å². The van der Waals surface area contributed by atoms with E-state index in [1.54, 1.807) is 6.92 Å². The van der Waals surface area contributed by atoms with E-state index >= 15 is 0 Å². The van der Waals surface area contributed by atoms with Gasteiger partial charge in [-0.1, -0.05) is 48.5 Å². The number of fused-ring (bicyclic) bond motifs is 1. The van der Waals surface area contributed by atoms with Crippen molar-refractivity contribution in [3.05, 3.63) is 71.5 Å². The molecule has 0 bridgehead atoms. The van der Waals surface area contributed by atoms with Crippen molar-refractivity contribution in [2.75, 3.05) is 20.2 Å². The molecule has 1 heterocycles. The van der Waals surface area contributed by atoms with E-state index in [-0.39, 0.29) is 5.97 Å². The van der Waals surface area contributed by atoms with Gasteiger partial charge in [0.25, 0.3) is 0 Å². The van der Waals surface area contributed by atoms with E-state index < -0.39 is 0 Å². The van der Waals surface area contributed by atoms with Crippen LogP contribution in [-0.2, 0) is 17.7 Å². The molecule has 4 nitrogen and oxygen atoms in total. The molecular formula is C21H24NO3+. The van der Waals surface area contributed by atoms with Crippen molar-refractivity contribution in [3.8, 4) is 0 Å². The molecule has 0 spiro atoms. The summed E-state index contributed by atoms with van der Waals surface area (Å²) in [7, 11) is 2.14. The number of benzene rings is 2. The van der Waals surface area contributed by atoms with Gasteiger partial charge < -0.3 is 14.1 Å². The van der Waals surface area contributed by atoms with E-state index in [0.717, 1.165) is 36.0 Å². The third kappa shape index (κ3) is 4.09. The lowest BCUT2D eigenvalue weighted by Gasteiger charge is -2.14. The molecule has 2 aromatic carbocycles. The molecule has 0 aliphatic rings. The number of ether oxygens (including phenoxy) is 1. The maximum Gasteiger partial charge on any atom is 0.374 e. The zero-order valence-electron chi connectivity index (χ0n) is 14.7. The molecule has 25 heavy (non-hydrogen) atoms. The molecule has 1 N–H and O–H groups in total. The first-order valence-corrected chi connectivity index (χ1v) is 8.71. The number of furan rings is 1. The Labute approximate surface area is 148 Å². The summed E-state index contributed by atoms with van der Waals surface area (Å²) in [5.74, 6) is -0.0494. The quantitative estimate of drug-likeness (QED) is 0.674. The molecule has 0 saturated heterocycles. The fourth-order valence-corrected chi connectivity index (χ4v) is 3.03. The molecular weight excluding hydrogens is 314 g/mol. The number of hydrogen-bond donors (Lipinski definition) is 1. The van der Waals surface area contributed by atoms with Crippen molar-refractivity contribution in [1.82, 2.24) is 0 Å². The summed E-state index contributed by atoms with van der Waals surface area (Å²) in [4.78, 5) is 13.6. The van der Waals surface area contributed by atoms with Gasteiger partial charge in [-0.15, -0.1) is 0 Å². The first-order valence-electron chi connectivity index (χ1n) is 8.71. The highest BCUT2D eigenvalue weighted by molar-refractivity contribution is 5.95. The van der Waals surface area contributed by atoms with Gasteiger partial charge in [0.15, 0.2) is 0 Å². The van der Waals surface area contributed by atoms with Crippen LogP contribution in [0.5, 0.6) is 0 Å². The Morgan fingerprint density at radius 2 is 1.80 bits per heavy atom. The molecule has 0 radical (unpaired) electrons. The summed E-state index contributed by atoms with van der Waals surface area (Å²) in [5.41, 5.74) is 2.99. The molecule has 3 aromatic rings. The molecule has 0 saturated carbocycles. The summed E-state index contributed by atoms with van der Waals surface area (Å²) < 4.78 is 11.0. The van der Waals surface area contributed by atoms with Crippen LogP contribution in [0.3, 0.4) is 0 Å². The fraction of sp³-hybridized carbons (Fsp3) is 0.286. The number of carbonyl (C=O) groups excluding carboxylic acids is 1. The van der Waals surface area contributed by atoms with Crippen LogP contribution in [0.15, 0.2) is 59.0 Å². The summed E-state index contributed by atoms with van der Waals surface area (Å²) in [5, 5.41) is 0.990. The van der Waals surface area contributed by atoms with Crippen LogP contribution >= 0.6 is 0 Å². The zero-order valence-corrected chi connectivity index (χ0v) is 14.7. The predicted octanol–water partition coefficient (Wildman–Crippen LogP) is 2.87. The number of quaternary nitrogens is 1. The normalized spacial score (nSPS) is 12.2. The van der Waals surface area contributed by atoms with Crippen molar-refractivity contribution in [2.45, 2.75) is 19.9 Å². The Kier molecular flexibility index (Phi) is 5.51. The highest BCUT2D eigenvalue weighted by Gasteiger charge is 2.23. The Morgan fingerprint density at radius 1 is 1.08 bits per heavy atom. The number of nitrogens with one attached hydrogen (secondary N) is 1. The minimum Gasteiger partial charge on any atom is -0.460 e. The second-order valence-electron chi connectivity index (χ2n) is 6.25. The highest BCUT2D eigenvalue weighted by atomic mass is 16.5. The zero-order chi connectivity index (χ0) is 17.6.